The zero-order valence-electron chi connectivity index (χ0n) is 11.4. The average molecular weight is 279 g/mol. The van der Waals surface area contributed by atoms with Crippen molar-refractivity contribution in [2.45, 2.75) is 51.1 Å². The fraction of sp³-hybridized carbons (Fsp3) is 0.714. The highest BCUT2D eigenvalue weighted by Crippen LogP contribution is 2.27. The summed E-state index contributed by atoms with van der Waals surface area (Å²) in [5.74, 6) is 0.214. The summed E-state index contributed by atoms with van der Waals surface area (Å²) >= 11 is 1.80. The van der Waals surface area contributed by atoms with Crippen molar-refractivity contribution in [2.24, 2.45) is 0 Å². The third-order valence-corrected chi connectivity index (χ3v) is 5.14. The van der Waals surface area contributed by atoms with E-state index in [1.165, 1.54) is 29.8 Å². The predicted molar refractivity (Wildman–Crippen MR) is 76.3 cm³/mol. The van der Waals surface area contributed by atoms with Gasteiger partial charge in [0.1, 0.15) is 5.01 Å². The molecule has 19 heavy (non-hydrogen) atoms. The Labute approximate surface area is 118 Å². The van der Waals surface area contributed by atoms with Crippen molar-refractivity contribution in [3.8, 4) is 0 Å². The molecule has 1 unspecified atom stereocenters. The summed E-state index contributed by atoms with van der Waals surface area (Å²) < 4.78 is 0. The van der Waals surface area contributed by atoms with E-state index in [2.05, 4.69) is 5.32 Å². The number of amides is 1. The molecule has 4 nitrogen and oxygen atoms in total. The molecule has 3 rings (SSSR count). The second-order valence-corrected chi connectivity index (χ2v) is 6.70. The number of thiazole rings is 1. The zero-order chi connectivity index (χ0) is 13.2. The molecule has 1 saturated heterocycles. The van der Waals surface area contributed by atoms with Crippen LogP contribution in [0.25, 0.3) is 0 Å². The lowest BCUT2D eigenvalue weighted by atomic mass is 10.0. The fourth-order valence-electron chi connectivity index (χ4n) is 2.92. The Hall–Kier alpha value is -0.940. The van der Waals surface area contributed by atoms with Gasteiger partial charge < -0.3 is 10.2 Å². The van der Waals surface area contributed by atoms with Crippen molar-refractivity contribution in [2.75, 3.05) is 13.6 Å². The van der Waals surface area contributed by atoms with E-state index in [9.17, 15) is 4.79 Å². The highest BCUT2D eigenvalue weighted by atomic mass is 32.1. The summed E-state index contributed by atoms with van der Waals surface area (Å²) in [6.07, 6.45) is 6.92. The lowest BCUT2D eigenvalue weighted by Crippen LogP contribution is -2.41. The van der Waals surface area contributed by atoms with Gasteiger partial charge in [0.2, 0.25) is 5.91 Å². The normalized spacial score (nSPS) is 22.3. The van der Waals surface area contributed by atoms with Gasteiger partial charge in [0, 0.05) is 11.9 Å². The Morgan fingerprint density at radius 2 is 2.26 bits per heavy atom. The third-order valence-electron chi connectivity index (χ3n) is 4.00. The molecule has 1 atom stereocenters. The van der Waals surface area contributed by atoms with Crippen LogP contribution in [0.4, 0.5) is 0 Å². The lowest BCUT2D eigenvalue weighted by Gasteiger charge is -2.19. The smallest absolute Gasteiger partial charge is 0.239 e. The molecule has 1 fully saturated rings. The third kappa shape index (κ3) is 2.82. The Bertz CT molecular complexity index is 442. The van der Waals surface area contributed by atoms with Gasteiger partial charge in [-0.05, 0) is 45.1 Å². The van der Waals surface area contributed by atoms with E-state index < -0.39 is 0 Å². The largest absolute Gasteiger partial charge is 0.338 e. The van der Waals surface area contributed by atoms with E-state index >= 15 is 0 Å². The maximum absolute atomic E-state index is 12.2. The van der Waals surface area contributed by atoms with Gasteiger partial charge >= 0.3 is 0 Å². The molecule has 0 radical (unpaired) electrons. The van der Waals surface area contributed by atoms with Crippen molar-refractivity contribution in [3.63, 3.8) is 0 Å². The maximum Gasteiger partial charge on any atom is 0.239 e. The van der Waals surface area contributed by atoms with Gasteiger partial charge in [0.25, 0.3) is 0 Å². The van der Waals surface area contributed by atoms with Crippen molar-refractivity contribution in [3.05, 3.63) is 15.6 Å². The van der Waals surface area contributed by atoms with E-state index in [-0.39, 0.29) is 11.9 Å². The molecule has 2 heterocycles. The number of carbonyl (C=O) groups is 1. The van der Waals surface area contributed by atoms with Gasteiger partial charge in [-0.15, -0.1) is 11.3 Å². The van der Waals surface area contributed by atoms with E-state index in [4.69, 9.17) is 4.98 Å². The quantitative estimate of drug-likeness (QED) is 0.916. The minimum atomic E-state index is 0.0274. The van der Waals surface area contributed by atoms with Crippen LogP contribution in [0.2, 0.25) is 0 Å². The van der Waals surface area contributed by atoms with Gasteiger partial charge in [0.15, 0.2) is 0 Å². The number of hydrogen-bond donors (Lipinski definition) is 1. The number of nitrogens with zero attached hydrogens (tertiary/aromatic N) is 2. The van der Waals surface area contributed by atoms with Gasteiger partial charge in [-0.25, -0.2) is 4.98 Å². The molecule has 1 amide bonds. The van der Waals surface area contributed by atoms with Gasteiger partial charge in [-0.2, -0.15) is 0 Å². The van der Waals surface area contributed by atoms with E-state index in [0.717, 1.165) is 30.8 Å². The first-order valence-electron chi connectivity index (χ1n) is 7.20. The molecule has 1 aliphatic heterocycles. The number of hydrogen-bond acceptors (Lipinski definition) is 4. The van der Waals surface area contributed by atoms with Crippen LogP contribution < -0.4 is 5.32 Å². The Kier molecular flexibility index (Phi) is 3.84. The van der Waals surface area contributed by atoms with Crippen LogP contribution in [0.1, 0.15) is 41.3 Å². The molecule has 104 valence electrons. The molecule has 1 aromatic rings. The average Bonchev–Trinajstić information content (AvgIpc) is 3.06. The number of aromatic nitrogens is 1. The van der Waals surface area contributed by atoms with Gasteiger partial charge in [0.05, 0.1) is 18.3 Å². The maximum atomic E-state index is 12.2. The van der Waals surface area contributed by atoms with Gasteiger partial charge in [-0.3, -0.25) is 4.79 Å². The first-order valence-corrected chi connectivity index (χ1v) is 8.01. The monoisotopic (exact) mass is 279 g/mol. The molecule has 0 bridgehead atoms. The number of likely N-dealkylation sites (N-methyl/N-ethyl adjacent to an activating group) is 1. The van der Waals surface area contributed by atoms with Crippen molar-refractivity contribution in [1.29, 1.82) is 0 Å². The SMILES string of the molecule is CN(Cc1nc2c(s1)CCCC2)C(=O)C1CCCN1. The minimum absolute atomic E-state index is 0.0274. The number of fused-ring (bicyclic) bond motifs is 1. The molecule has 0 saturated carbocycles. The van der Waals surface area contributed by atoms with Crippen LogP contribution in [-0.4, -0.2) is 35.4 Å². The molecule has 0 spiro atoms. The number of aryl methyl sites for hydroxylation is 2. The summed E-state index contributed by atoms with van der Waals surface area (Å²) in [5, 5.41) is 4.36. The van der Waals surface area contributed by atoms with E-state index in [1.807, 2.05) is 11.9 Å². The minimum Gasteiger partial charge on any atom is -0.338 e. The molecule has 1 N–H and O–H groups in total. The summed E-state index contributed by atoms with van der Waals surface area (Å²) in [6.45, 7) is 1.63. The van der Waals surface area contributed by atoms with E-state index in [0.29, 0.717) is 6.54 Å². The number of carbonyl (C=O) groups excluding carboxylic acids is 1. The highest BCUT2D eigenvalue weighted by Gasteiger charge is 2.25. The predicted octanol–water partition coefficient (Wildman–Crippen LogP) is 1.73. The Morgan fingerprint density at radius 3 is 3.00 bits per heavy atom. The van der Waals surface area contributed by atoms with Crippen LogP contribution in [-0.2, 0) is 24.2 Å². The van der Waals surface area contributed by atoms with Gasteiger partial charge in [-0.1, -0.05) is 0 Å². The van der Waals surface area contributed by atoms with Crippen LogP contribution in [0.5, 0.6) is 0 Å². The zero-order valence-corrected chi connectivity index (χ0v) is 12.3. The number of rotatable bonds is 3. The molecular formula is C14H21N3OS. The van der Waals surface area contributed by atoms with Crippen molar-refractivity contribution in [1.82, 2.24) is 15.2 Å². The summed E-state index contributed by atoms with van der Waals surface area (Å²) in [5.41, 5.74) is 1.28. The first-order chi connectivity index (χ1) is 9.24. The number of nitrogens with one attached hydrogen (secondary N) is 1. The topological polar surface area (TPSA) is 45.2 Å². The van der Waals surface area contributed by atoms with Crippen molar-refractivity contribution < 1.29 is 4.79 Å². The second-order valence-electron chi connectivity index (χ2n) is 5.53. The Morgan fingerprint density at radius 1 is 1.42 bits per heavy atom. The molecule has 5 heteroatoms. The highest BCUT2D eigenvalue weighted by molar-refractivity contribution is 7.11. The van der Waals surface area contributed by atoms with E-state index in [1.54, 1.807) is 11.3 Å². The van der Waals surface area contributed by atoms with Crippen LogP contribution in [0.3, 0.4) is 0 Å². The first kappa shape index (κ1) is 13.1. The Balaban J connectivity index is 1.63. The van der Waals surface area contributed by atoms with Crippen LogP contribution in [0, 0.1) is 0 Å². The van der Waals surface area contributed by atoms with Crippen LogP contribution >= 0.6 is 11.3 Å². The second kappa shape index (κ2) is 5.59. The lowest BCUT2D eigenvalue weighted by molar-refractivity contribution is -0.132. The fourth-order valence-corrected chi connectivity index (χ4v) is 4.13. The summed E-state index contributed by atoms with van der Waals surface area (Å²) in [7, 11) is 1.89. The van der Waals surface area contributed by atoms with Crippen LogP contribution in [0.15, 0.2) is 0 Å². The molecule has 1 aromatic heterocycles. The molecule has 1 aliphatic carbocycles. The standard InChI is InChI=1S/C14H21N3OS/c1-17(14(18)11-6-4-8-15-11)9-13-16-10-5-2-3-7-12(10)19-13/h11,15H,2-9H2,1H3. The molecular weight excluding hydrogens is 258 g/mol. The molecule has 0 aromatic carbocycles. The molecule has 2 aliphatic rings. The van der Waals surface area contributed by atoms with Crippen molar-refractivity contribution >= 4 is 17.2 Å². The summed E-state index contributed by atoms with van der Waals surface area (Å²) in [4.78, 5) is 20.2. The summed E-state index contributed by atoms with van der Waals surface area (Å²) in [6, 6.07) is 0.0274.